The minimum Gasteiger partial charge on any atom is -0.466 e. The molecule has 2 heterocycles. The zero-order valence-corrected chi connectivity index (χ0v) is 19.9. The SMILES string of the molecule is CCOC(=O)[C@H]1[C@@H]2C(=O)N(CCCCO)[C@H](C(=O)NCCN3CCOCC3)[C@H]2C=C[C@H]1CC. The number of allylic oxidation sites excluding steroid dienone is 1. The third-order valence-electron chi connectivity index (χ3n) is 7.05. The summed E-state index contributed by atoms with van der Waals surface area (Å²) >= 11 is 0. The molecule has 2 fully saturated rings. The molecule has 0 aromatic rings. The van der Waals surface area contributed by atoms with Crippen LogP contribution in [0.25, 0.3) is 0 Å². The third-order valence-corrected chi connectivity index (χ3v) is 7.05. The molecule has 0 aromatic carbocycles. The maximum Gasteiger partial charge on any atom is 0.310 e. The molecule has 2 amide bonds. The van der Waals surface area contributed by atoms with E-state index in [1.54, 1.807) is 11.8 Å². The lowest BCUT2D eigenvalue weighted by molar-refractivity contribution is -0.155. The van der Waals surface area contributed by atoms with Crippen LogP contribution in [-0.4, -0.2) is 97.9 Å². The van der Waals surface area contributed by atoms with E-state index in [0.717, 1.165) is 26.1 Å². The fraction of sp³-hybridized carbons (Fsp3) is 0.792. The van der Waals surface area contributed by atoms with E-state index in [4.69, 9.17) is 9.47 Å². The number of carbonyl (C=O) groups excluding carboxylic acids is 3. The summed E-state index contributed by atoms with van der Waals surface area (Å²) in [5.74, 6) is -2.33. The van der Waals surface area contributed by atoms with Crippen molar-refractivity contribution in [2.24, 2.45) is 23.7 Å². The third kappa shape index (κ3) is 5.94. The van der Waals surface area contributed by atoms with Gasteiger partial charge in [-0.15, -0.1) is 0 Å². The average molecular weight is 466 g/mol. The molecule has 0 radical (unpaired) electrons. The molecule has 0 saturated carbocycles. The van der Waals surface area contributed by atoms with E-state index in [1.165, 1.54) is 0 Å². The maximum absolute atomic E-state index is 13.6. The highest BCUT2D eigenvalue weighted by Crippen LogP contribution is 2.45. The van der Waals surface area contributed by atoms with Gasteiger partial charge in [0.25, 0.3) is 0 Å². The van der Waals surface area contributed by atoms with Crippen molar-refractivity contribution in [1.82, 2.24) is 15.1 Å². The molecule has 3 aliphatic rings. The molecule has 3 rings (SSSR count). The molecular weight excluding hydrogens is 426 g/mol. The predicted octanol–water partition coefficient (Wildman–Crippen LogP) is 0.426. The molecule has 9 heteroatoms. The minimum atomic E-state index is -0.656. The topological polar surface area (TPSA) is 108 Å². The van der Waals surface area contributed by atoms with Crippen molar-refractivity contribution >= 4 is 17.8 Å². The molecule has 0 aromatic heterocycles. The Labute approximate surface area is 196 Å². The summed E-state index contributed by atoms with van der Waals surface area (Å²) in [6, 6.07) is -0.656. The highest BCUT2D eigenvalue weighted by molar-refractivity contribution is 5.96. The largest absolute Gasteiger partial charge is 0.466 e. The number of amides is 2. The van der Waals surface area contributed by atoms with Crippen LogP contribution in [-0.2, 0) is 23.9 Å². The van der Waals surface area contributed by atoms with Crippen LogP contribution < -0.4 is 5.32 Å². The number of hydrogen-bond donors (Lipinski definition) is 2. The van der Waals surface area contributed by atoms with E-state index >= 15 is 0 Å². The van der Waals surface area contributed by atoms with Crippen molar-refractivity contribution in [1.29, 1.82) is 0 Å². The van der Waals surface area contributed by atoms with Crippen molar-refractivity contribution in [3.8, 4) is 0 Å². The number of likely N-dealkylation sites (tertiary alicyclic amines) is 1. The Morgan fingerprint density at radius 1 is 1.18 bits per heavy atom. The number of hydrogen-bond acceptors (Lipinski definition) is 7. The Balaban J connectivity index is 1.77. The van der Waals surface area contributed by atoms with Gasteiger partial charge in [-0.2, -0.15) is 0 Å². The first-order valence-electron chi connectivity index (χ1n) is 12.4. The zero-order chi connectivity index (χ0) is 23.8. The zero-order valence-electron chi connectivity index (χ0n) is 19.9. The summed E-state index contributed by atoms with van der Waals surface area (Å²) in [5, 5.41) is 12.2. The van der Waals surface area contributed by atoms with Gasteiger partial charge in [0.2, 0.25) is 11.8 Å². The molecule has 9 nitrogen and oxygen atoms in total. The van der Waals surface area contributed by atoms with E-state index in [-0.39, 0.29) is 42.8 Å². The Morgan fingerprint density at radius 2 is 1.94 bits per heavy atom. The van der Waals surface area contributed by atoms with Crippen LogP contribution in [0.5, 0.6) is 0 Å². The standard InChI is InChI=1S/C24H39N3O6/c1-3-17-7-8-18-20(19(17)24(31)33-4-2)23(30)27(10-5-6-14-28)21(18)22(29)25-9-11-26-12-15-32-16-13-26/h7-8,17-21,28H,3-6,9-16H2,1-2H3,(H,25,29)/t17-,18+,19-,20-,21+/m1/s1. The van der Waals surface area contributed by atoms with Crippen LogP contribution in [0.3, 0.4) is 0 Å². The number of fused-ring (bicyclic) bond motifs is 1. The van der Waals surface area contributed by atoms with E-state index < -0.39 is 17.9 Å². The second-order valence-electron chi connectivity index (χ2n) is 8.99. The Hall–Kier alpha value is -1.97. The van der Waals surface area contributed by atoms with Gasteiger partial charge in [0.1, 0.15) is 6.04 Å². The molecule has 2 saturated heterocycles. The van der Waals surface area contributed by atoms with Crippen molar-refractivity contribution in [3.63, 3.8) is 0 Å². The van der Waals surface area contributed by atoms with Crippen LogP contribution in [0.4, 0.5) is 0 Å². The van der Waals surface area contributed by atoms with Gasteiger partial charge in [-0.1, -0.05) is 19.1 Å². The second-order valence-corrected chi connectivity index (χ2v) is 8.99. The van der Waals surface area contributed by atoms with Crippen molar-refractivity contribution in [2.75, 3.05) is 59.2 Å². The highest BCUT2D eigenvalue weighted by Gasteiger charge is 2.57. The van der Waals surface area contributed by atoms with Crippen LogP contribution in [0, 0.1) is 23.7 Å². The minimum absolute atomic E-state index is 0.0363. The van der Waals surface area contributed by atoms with E-state index in [0.29, 0.717) is 39.1 Å². The van der Waals surface area contributed by atoms with Gasteiger partial charge in [-0.25, -0.2) is 0 Å². The Bertz CT molecular complexity index is 708. The summed E-state index contributed by atoms with van der Waals surface area (Å²) in [4.78, 5) is 43.6. The quantitative estimate of drug-likeness (QED) is 0.259. The van der Waals surface area contributed by atoms with Crippen molar-refractivity contribution < 1.29 is 29.0 Å². The number of nitrogens with one attached hydrogen (secondary N) is 1. The Kier molecular flexibility index (Phi) is 9.70. The van der Waals surface area contributed by atoms with Crippen molar-refractivity contribution in [2.45, 2.75) is 39.2 Å². The van der Waals surface area contributed by atoms with Crippen molar-refractivity contribution in [3.05, 3.63) is 12.2 Å². The van der Waals surface area contributed by atoms with E-state index in [2.05, 4.69) is 10.2 Å². The second kappa shape index (κ2) is 12.5. The lowest BCUT2D eigenvalue weighted by Gasteiger charge is -2.33. The number of rotatable bonds is 11. The summed E-state index contributed by atoms with van der Waals surface area (Å²) in [7, 11) is 0. The van der Waals surface area contributed by atoms with Gasteiger partial charge in [-0.3, -0.25) is 19.3 Å². The van der Waals surface area contributed by atoms with Crippen LogP contribution >= 0.6 is 0 Å². The number of unbranched alkanes of at least 4 members (excludes halogenated alkanes) is 1. The molecule has 2 aliphatic heterocycles. The van der Waals surface area contributed by atoms with Gasteiger partial charge in [0, 0.05) is 45.2 Å². The monoisotopic (exact) mass is 465 g/mol. The number of esters is 1. The molecule has 2 N–H and O–H groups in total. The average Bonchev–Trinajstić information content (AvgIpc) is 3.11. The fourth-order valence-electron chi connectivity index (χ4n) is 5.35. The van der Waals surface area contributed by atoms with Crippen LogP contribution in [0.15, 0.2) is 12.2 Å². The lowest BCUT2D eigenvalue weighted by Crippen LogP contribution is -2.49. The fourth-order valence-corrected chi connectivity index (χ4v) is 5.35. The number of ether oxygens (including phenoxy) is 2. The summed E-state index contributed by atoms with van der Waals surface area (Å²) < 4.78 is 10.7. The number of aliphatic hydroxyl groups excluding tert-OH is 1. The summed E-state index contributed by atoms with van der Waals surface area (Å²) in [6.45, 7) is 8.75. The first-order chi connectivity index (χ1) is 16.0. The van der Waals surface area contributed by atoms with Gasteiger partial charge in [0.15, 0.2) is 0 Å². The first kappa shape index (κ1) is 25.6. The smallest absolute Gasteiger partial charge is 0.310 e. The summed E-state index contributed by atoms with van der Waals surface area (Å²) in [6.07, 6.45) is 5.83. The predicted molar refractivity (Wildman–Crippen MR) is 122 cm³/mol. The molecule has 1 aliphatic carbocycles. The molecule has 0 spiro atoms. The van der Waals surface area contributed by atoms with E-state index in [1.807, 2.05) is 19.1 Å². The Morgan fingerprint density at radius 3 is 2.61 bits per heavy atom. The highest BCUT2D eigenvalue weighted by atomic mass is 16.5. The molecule has 0 bridgehead atoms. The molecule has 186 valence electrons. The van der Waals surface area contributed by atoms with Gasteiger partial charge in [0.05, 0.1) is 31.7 Å². The normalized spacial score (nSPS) is 29.7. The van der Waals surface area contributed by atoms with Gasteiger partial charge < -0.3 is 24.8 Å². The first-order valence-corrected chi connectivity index (χ1v) is 12.4. The number of morpholine rings is 1. The van der Waals surface area contributed by atoms with E-state index in [9.17, 15) is 19.5 Å². The molecule has 0 unspecified atom stereocenters. The van der Waals surface area contributed by atoms with Crippen LogP contribution in [0.1, 0.15) is 33.1 Å². The van der Waals surface area contributed by atoms with Gasteiger partial charge in [-0.05, 0) is 32.1 Å². The molecular formula is C24H39N3O6. The maximum atomic E-state index is 13.6. The molecule has 5 atom stereocenters. The number of aliphatic hydroxyl groups is 1. The molecule has 33 heavy (non-hydrogen) atoms. The lowest BCUT2D eigenvalue weighted by atomic mass is 9.69. The number of nitrogens with zero attached hydrogens (tertiary/aromatic N) is 2. The number of carbonyl (C=O) groups is 3. The van der Waals surface area contributed by atoms with Crippen LogP contribution in [0.2, 0.25) is 0 Å². The van der Waals surface area contributed by atoms with Gasteiger partial charge >= 0.3 is 5.97 Å². The summed E-state index contributed by atoms with van der Waals surface area (Å²) in [5.41, 5.74) is 0.